The third-order valence-electron chi connectivity index (χ3n) is 4.98. The first kappa shape index (κ1) is 19.6. The molecule has 3 heterocycles. The molecule has 0 unspecified atom stereocenters. The van der Waals surface area contributed by atoms with Gasteiger partial charge < -0.3 is 4.90 Å². The van der Waals surface area contributed by atoms with Crippen LogP contribution in [0.4, 0.5) is 5.69 Å². The maximum Gasteiger partial charge on any atom is 0.252 e. The number of thiazole rings is 1. The number of anilines is 1. The van der Waals surface area contributed by atoms with Gasteiger partial charge in [-0.3, -0.25) is 0 Å². The first-order chi connectivity index (χ1) is 13.3. The van der Waals surface area contributed by atoms with E-state index in [0.29, 0.717) is 30.4 Å². The summed E-state index contributed by atoms with van der Waals surface area (Å²) >= 11 is 2.82. The maximum absolute atomic E-state index is 13.1. The van der Waals surface area contributed by atoms with Gasteiger partial charge in [-0.15, -0.1) is 22.7 Å². The van der Waals surface area contributed by atoms with Crippen LogP contribution in [-0.4, -0.2) is 43.9 Å². The second kappa shape index (κ2) is 7.59. The molecule has 1 fully saturated rings. The Kier molecular flexibility index (Phi) is 5.30. The van der Waals surface area contributed by atoms with Crippen LogP contribution in [0.25, 0.3) is 10.6 Å². The summed E-state index contributed by atoms with van der Waals surface area (Å²) in [5, 5.41) is 4.74. The van der Waals surface area contributed by atoms with Crippen LogP contribution in [0.3, 0.4) is 0 Å². The van der Waals surface area contributed by atoms with E-state index in [9.17, 15) is 8.42 Å². The predicted octanol–water partition coefficient (Wildman–Crippen LogP) is 4.31. The van der Waals surface area contributed by atoms with Crippen LogP contribution in [0.5, 0.6) is 0 Å². The Morgan fingerprint density at radius 3 is 2.39 bits per heavy atom. The number of nitrogens with zero attached hydrogens (tertiary/aromatic N) is 3. The Morgan fingerprint density at radius 1 is 0.964 bits per heavy atom. The molecule has 1 aliphatic heterocycles. The van der Waals surface area contributed by atoms with Crippen LogP contribution in [0, 0.1) is 20.8 Å². The molecule has 8 heteroatoms. The minimum Gasteiger partial charge on any atom is -0.369 e. The Bertz CT molecular complexity index is 1090. The fourth-order valence-corrected chi connectivity index (χ4v) is 7.01. The lowest BCUT2D eigenvalue weighted by molar-refractivity contribution is 0.385. The van der Waals surface area contributed by atoms with E-state index < -0.39 is 10.0 Å². The van der Waals surface area contributed by atoms with Crippen LogP contribution < -0.4 is 4.90 Å². The van der Waals surface area contributed by atoms with E-state index >= 15 is 0 Å². The lowest BCUT2D eigenvalue weighted by Gasteiger charge is -2.36. The second-order valence-electron chi connectivity index (χ2n) is 7.13. The number of sulfonamides is 1. The average molecular weight is 434 g/mol. The van der Waals surface area contributed by atoms with Crippen molar-refractivity contribution in [3.8, 4) is 10.6 Å². The lowest BCUT2D eigenvalue weighted by Crippen LogP contribution is -2.48. The van der Waals surface area contributed by atoms with Crippen molar-refractivity contribution in [2.75, 3.05) is 31.1 Å². The molecule has 148 valence electrons. The summed E-state index contributed by atoms with van der Waals surface area (Å²) in [6, 6.07) is 8.18. The standard InChI is InChI=1S/C20H23N3O2S3/c1-14-4-5-15(2)18(10-14)22-6-8-23(9-7-22)28(24,25)19-11-17(13-26-19)20-21-16(3)12-27-20/h4-5,10-13H,6-9H2,1-3H3. The fourth-order valence-electron chi connectivity index (χ4n) is 3.41. The van der Waals surface area contributed by atoms with Gasteiger partial charge in [0.2, 0.25) is 0 Å². The third kappa shape index (κ3) is 3.74. The van der Waals surface area contributed by atoms with Gasteiger partial charge in [-0.1, -0.05) is 12.1 Å². The Hall–Kier alpha value is -1.74. The van der Waals surface area contributed by atoms with Gasteiger partial charge in [0.1, 0.15) is 9.22 Å². The van der Waals surface area contributed by atoms with Gasteiger partial charge in [-0.05, 0) is 44.0 Å². The van der Waals surface area contributed by atoms with E-state index in [2.05, 4.69) is 41.9 Å². The van der Waals surface area contributed by atoms with E-state index in [1.165, 1.54) is 28.2 Å². The summed E-state index contributed by atoms with van der Waals surface area (Å²) in [6.07, 6.45) is 0. The number of rotatable bonds is 4. The molecule has 5 nitrogen and oxygen atoms in total. The van der Waals surface area contributed by atoms with E-state index in [1.54, 1.807) is 21.7 Å². The van der Waals surface area contributed by atoms with E-state index in [0.717, 1.165) is 16.3 Å². The number of aromatic nitrogens is 1. The molecule has 1 aromatic carbocycles. The number of thiophene rings is 1. The van der Waals surface area contributed by atoms with Crippen molar-refractivity contribution >= 4 is 38.4 Å². The highest BCUT2D eigenvalue weighted by molar-refractivity contribution is 7.91. The predicted molar refractivity (Wildman–Crippen MR) is 117 cm³/mol. The van der Waals surface area contributed by atoms with Gasteiger partial charge in [0, 0.05) is 53.9 Å². The van der Waals surface area contributed by atoms with Crippen LogP contribution in [0.2, 0.25) is 0 Å². The van der Waals surface area contributed by atoms with E-state index in [-0.39, 0.29) is 0 Å². The molecular weight excluding hydrogens is 410 g/mol. The Balaban J connectivity index is 1.49. The van der Waals surface area contributed by atoms with Gasteiger partial charge >= 0.3 is 0 Å². The summed E-state index contributed by atoms with van der Waals surface area (Å²) in [7, 11) is -3.46. The minimum absolute atomic E-state index is 0.399. The molecule has 0 N–H and O–H groups in total. The Labute approximate surface area is 174 Å². The molecule has 4 rings (SSSR count). The van der Waals surface area contributed by atoms with Gasteiger partial charge in [0.15, 0.2) is 0 Å². The summed E-state index contributed by atoms with van der Waals surface area (Å²) < 4.78 is 28.2. The van der Waals surface area contributed by atoms with Crippen molar-refractivity contribution < 1.29 is 8.42 Å². The number of hydrogen-bond acceptors (Lipinski definition) is 6. The summed E-state index contributed by atoms with van der Waals surface area (Å²) in [5.41, 5.74) is 5.49. The zero-order valence-electron chi connectivity index (χ0n) is 16.2. The van der Waals surface area contributed by atoms with Crippen molar-refractivity contribution in [3.63, 3.8) is 0 Å². The SMILES string of the molecule is Cc1ccc(C)c(N2CCN(S(=O)(=O)c3cc(-c4nc(C)cs4)cs3)CC2)c1. The molecule has 0 spiro atoms. The molecule has 0 atom stereocenters. The van der Waals surface area contributed by atoms with Crippen LogP contribution in [-0.2, 0) is 10.0 Å². The number of aryl methyl sites for hydroxylation is 3. The molecule has 2 aromatic heterocycles. The number of benzene rings is 1. The first-order valence-electron chi connectivity index (χ1n) is 9.18. The number of piperazine rings is 1. The normalized spacial score (nSPS) is 15.9. The van der Waals surface area contributed by atoms with Crippen molar-refractivity contribution in [1.82, 2.24) is 9.29 Å². The van der Waals surface area contributed by atoms with Crippen LogP contribution in [0.15, 0.2) is 39.2 Å². The van der Waals surface area contributed by atoms with Crippen LogP contribution >= 0.6 is 22.7 Å². The monoisotopic (exact) mass is 433 g/mol. The summed E-state index contributed by atoms with van der Waals surface area (Å²) in [4.78, 5) is 6.74. The molecule has 0 aliphatic carbocycles. The third-order valence-corrected chi connectivity index (χ3v) is 9.30. The summed E-state index contributed by atoms with van der Waals surface area (Å²) in [5.74, 6) is 0. The molecule has 28 heavy (non-hydrogen) atoms. The topological polar surface area (TPSA) is 53.5 Å². The molecule has 0 saturated carbocycles. The fraction of sp³-hybridized carbons (Fsp3) is 0.350. The lowest BCUT2D eigenvalue weighted by atomic mass is 10.1. The molecule has 1 aliphatic rings. The summed E-state index contributed by atoms with van der Waals surface area (Å²) in [6.45, 7) is 8.53. The molecule has 0 radical (unpaired) electrons. The average Bonchev–Trinajstić information content (AvgIpc) is 3.33. The van der Waals surface area contributed by atoms with Crippen molar-refractivity contribution in [2.24, 2.45) is 0 Å². The zero-order valence-corrected chi connectivity index (χ0v) is 18.6. The van der Waals surface area contributed by atoms with E-state index in [4.69, 9.17) is 0 Å². The second-order valence-corrected chi connectivity index (χ2v) is 11.1. The zero-order chi connectivity index (χ0) is 19.9. The molecule has 1 saturated heterocycles. The van der Waals surface area contributed by atoms with Gasteiger partial charge in [0.05, 0.1) is 0 Å². The van der Waals surface area contributed by atoms with Crippen molar-refractivity contribution in [1.29, 1.82) is 0 Å². The minimum atomic E-state index is -3.46. The Morgan fingerprint density at radius 2 is 1.71 bits per heavy atom. The van der Waals surface area contributed by atoms with E-state index in [1.807, 2.05) is 17.7 Å². The smallest absolute Gasteiger partial charge is 0.252 e. The molecule has 0 bridgehead atoms. The van der Waals surface area contributed by atoms with Gasteiger partial charge in [-0.25, -0.2) is 13.4 Å². The highest BCUT2D eigenvalue weighted by Gasteiger charge is 2.30. The first-order valence-corrected chi connectivity index (χ1v) is 12.4. The molecular formula is C20H23N3O2S3. The molecule has 3 aromatic rings. The van der Waals surface area contributed by atoms with Crippen molar-refractivity contribution in [3.05, 3.63) is 51.8 Å². The largest absolute Gasteiger partial charge is 0.369 e. The molecule has 0 amide bonds. The quantitative estimate of drug-likeness (QED) is 0.615. The van der Waals surface area contributed by atoms with Gasteiger partial charge in [0.25, 0.3) is 10.0 Å². The van der Waals surface area contributed by atoms with Crippen LogP contribution in [0.1, 0.15) is 16.8 Å². The van der Waals surface area contributed by atoms with Gasteiger partial charge in [-0.2, -0.15) is 4.31 Å². The highest BCUT2D eigenvalue weighted by Crippen LogP contribution is 2.33. The van der Waals surface area contributed by atoms with Crippen molar-refractivity contribution in [2.45, 2.75) is 25.0 Å². The number of hydrogen-bond donors (Lipinski definition) is 0. The maximum atomic E-state index is 13.1. The highest BCUT2D eigenvalue weighted by atomic mass is 32.2.